The number of benzene rings is 1. The van der Waals surface area contributed by atoms with Gasteiger partial charge in [0.1, 0.15) is 0 Å². The molecule has 1 N–H and O–H groups in total. The average molecular weight is 277 g/mol. The van der Waals surface area contributed by atoms with Crippen LogP contribution < -0.4 is 14.8 Å². The molecule has 3 nitrogen and oxygen atoms in total. The van der Waals surface area contributed by atoms with E-state index in [4.69, 9.17) is 9.47 Å². The molecule has 1 aromatic carbocycles. The second-order valence-corrected chi connectivity index (χ2v) is 5.63. The largest absolute Gasteiger partial charge is 0.493 e. The average Bonchev–Trinajstić information content (AvgIpc) is 2.99. The molecule has 112 valence electrons. The van der Waals surface area contributed by atoms with E-state index in [2.05, 4.69) is 24.4 Å². The Balaban J connectivity index is 1.93. The van der Waals surface area contributed by atoms with E-state index in [1.165, 1.54) is 31.2 Å². The number of rotatable bonds is 7. The predicted octanol–water partition coefficient (Wildman–Crippen LogP) is 3.76. The summed E-state index contributed by atoms with van der Waals surface area (Å²) in [6.07, 6.45) is 5.55. The van der Waals surface area contributed by atoms with E-state index in [0.29, 0.717) is 12.6 Å². The Bertz CT molecular complexity index is 413. The van der Waals surface area contributed by atoms with Crippen molar-refractivity contribution in [3.8, 4) is 11.5 Å². The first-order valence-electron chi connectivity index (χ1n) is 7.77. The summed E-state index contributed by atoms with van der Waals surface area (Å²) in [4.78, 5) is 0. The fraction of sp³-hybridized carbons (Fsp3) is 0.647. The van der Waals surface area contributed by atoms with Crippen LogP contribution in [-0.4, -0.2) is 19.8 Å². The van der Waals surface area contributed by atoms with Gasteiger partial charge in [-0.3, -0.25) is 0 Å². The molecule has 0 saturated heterocycles. The first-order chi connectivity index (χ1) is 9.74. The molecular weight excluding hydrogens is 250 g/mol. The molecule has 1 aromatic rings. The van der Waals surface area contributed by atoms with E-state index < -0.39 is 0 Å². The number of methoxy groups -OCH3 is 1. The summed E-state index contributed by atoms with van der Waals surface area (Å²) in [5.41, 5.74) is 1.25. The van der Waals surface area contributed by atoms with Crippen molar-refractivity contribution >= 4 is 0 Å². The first-order valence-corrected chi connectivity index (χ1v) is 7.77. The smallest absolute Gasteiger partial charge is 0.161 e. The van der Waals surface area contributed by atoms with E-state index in [-0.39, 0.29) is 0 Å². The summed E-state index contributed by atoms with van der Waals surface area (Å²) in [7, 11) is 1.68. The van der Waals surface area contributed by atoms with Gasteiger partial charge in [-0.1, -0.05) is 18.9 Å². The monoisotopic (exact) mass is 277 g/mol. The molecule has 0 spiro atoms. The second kappa shape index (κ2) is 7.53. The zero-order chi connectivity index (χ0) is 14.4. The lowest BCUT2D eigenvalue weighted by atomic mass is 9.99. The van der Waals surface area contributed by atoms with Crippen molar-refractivity contribution in [2.24, 2.45) is 5.92 Å². The zero-order valence-corrected chi connectivity index (χ0v) is 12.9. The van der Waals surface area contributed by atoms with E-state index in [1.807, 2.05) is 13.0 Å². The van der Waals surface area contributed by atoms with Gasteiger partial charge in [0.15, 0.2) is 11.5 Å². The Morgan fingerprint density at radius 2 is 2.00 bits per heavy atom. The third-order valence-corrected chi connectivity index (χ3v) is 4.26. The summed E-state index contributed by atoms with van der Waals surface area (Å²) in [6, 6.07) is 6.77. The summed E-state index contributed by atoms with van der Waals surface area (Å²) in [6.45, 7) is 5.85. The van der Waals surface area contributed by atoms with Crippen molar-refractivity contribution < 1.29 is 9.47 Å². The normalized spacial score (nSPS) is 17.1. The van der Waals surface area contributed by atoms with E-state index in [9.17, 15) is 0 Å². The molecule has 2 rings (SSSR count). The number of ether oxygens (including phenoxy) is 2. The van der Waals surface area contributed by atoms with Gasteiger partial charge in [-0.25, -0.2) is 0 Å². The fourth-order valence-electron chi connectivity index (χ4n) is 3.00. The molecule has 0 heterocycles. The van der Waals surface area contributed by atoms with Crippen LogP contribution in [0.2, 0.25) is 0 Å². The molecule has 1 aliphatic carbocycles. The fourth-order valence-corrected chi connectivity index (χ4v) is 3.00. The van der Waals surface area contributed by atoms with Gasteiger partial charge in [0, 0.05) is 12.6 Å². The molecule has 1 aliphatic rings. The molecule has 0 aliphatic heterocycles. The third kappa shape index (κ3) is 3.89. The second-order valence-electron chi connectivity index (χ2n) is 5.63. The predicted molar refractivity (Wildman–Crippen MR) is 82.4 cm³/mol. The lowest BCUT2D eigenvalue weighted by molar-refractivity contribution is 0.310. The van der Waals surface area contributed by atoms with Gasteiger partial charge in [0.25, 0.3) is 0 Å². The van der Waals surface area contributed by atoms with Gasteiger partial charge < -0.3 is 14.8 Å². The van der Waals surface area contributed by atoms with Crippen molar-refractivity contribution in [2.75, 3.05) is 13.7 Å². The SMILES string of the molecule is CCOc1cc(CN[C@H](C)C2CCCC2)ccc1OC. The van der Waals surface area contributed by atoms with E-state index >= 15 is 0 Å². The minimum atomic E-state index is 0.593. The van der Waals surface area contributed by atoms with Gasteiger partial charge >= 0.3 is 0 Å². The standard InChI is InChI=1S/C17H27NO2/c1-4-20-17-11-14(9-10-16(17)19-3)12-18-13(2)15-7-5-6-8-15/h9-11,13,15,18H,4-8,12H2,1-3H3/t13-/m1/s1. The minimum absolute atomic E-state index is 0.593. The topological polar surface area (TPSA) is 30.5 Å². The highest BCUT2D eigenvalue weighted by Crippen LogP contribution is 2.29. The molecule has 0 bridgehead atoms. The van der Waals surface area contributed by atoms with Crippen LogP contribution in [0, 0.1) is 5.92 Å². The highest BCUT2D eigenvalue weighted by atomic mass is 16.5. The summed E-state index contributed by atoms with van der Waals surface area (Å²) in [5.74, 6) is 2.49. The van der Waals surface area contributed by atoms with Gasteiger partial charge in [0.05, 0.1) is 13.7 Å². The van der Waals surface area contributed by atoms with Gasteiger partial charge in [0.2, 0.25) is 0 Å². The van der Waals surface area contributed by atoms with Crippen molar-refractivity contribution in [3.63, 3.8) is 0 Å². The van der Waals surface area contributed by atoms with Crippen molar-refractivity contribution in [2.45, 2.75) is 52.1 Å². The number of hydrogen-bond acceptors (Lipinski definition) is 3. The molecule has 0 aromatic heterocycles. The van der Waals surface area contributed by atoms with Gasteiger partial charge in [-0.15, -0.1) is 0 Å². The molecule has 0 unspecified atom stereocenters. The van der Waals surface area contributed by atoms with Crippen LogP contribution in [0.25, 0.3) is 0 Å². The Morgan fingerprint density at radius 1 is 1.25 bits per heavy atom. The van der Waals surface area contributed by atoms with Crippen molar-refractivity contribution in [3.05, 3.63) is 23.8 Å². The molecule has 0 amide bonds. The Morgan fingerprint density at radius 3 is 2.65 bits per heavy atom. The first kappa shape index (κ1) is 15.2. The lowest BCUT2D eigenvalue weighted by Crippen LogP contribution is -2.31. The van der Waals surface area contributed by atoms with Crippen molar-refractivity contribution in [1.29, 1.82) is 0 Å². The van der Waals surface area contributed by atoms with Gasteiger partial charge in [-0.05, 0) is 50.3 Å². The van der Waals surface area contributed by atoms with Crippen LogP contribution in [0.3, 0.4) is 0 Å². The highest BCUT2D eigenvalue weighted by molar-refractivity contribution is 5.42. The van der Waals surface area contributed by atoms with E-state index in [1.54, 1.807) is 7.11 Å². The van der Waals surface area contributed by atoms with Crippen LogP contribution in [0.4, 0.5) is 0 Å². The zero-order valence-electron chi connectivity index (χ0n) is 12.9. The molecule has 20 heavy (non-hydrogen) atoms. The van der Waals surface area contributed by atoms with Crippen molar-refractivity contribution in [1.82, 2.24) is 5.32 Å². The van der Waals surface area contributed by atoms with Gasteiger partial charge in [-0.2, -0.15) is 0 Å². The Hall–Kier alpha value is -1.22. The maximum atomic E-state index is 5.62. The van der Waals surface area contributed by atoms with Crippen LogP contribution >= 0.6 is 0 Å². The highest BCUT2D eigenvalue weighted by Gasteiger charge is 2.20. The van der Waals surface area contributed by atoms with Crippen LogP contribution in [0.1, 0.15) is 45.1 Å². The maximum absolute atomic E-state index is 5.62. The lowest BCUT2D eigenvalue weighted by Gasteiger charge is -2.20. The molecule has 3 heteroatoms. The molecule has 1 fully saturated rings. The van der Waals surface area contributed by atoms with Crippen LogP contribution in [-0.2, 0) is 6.54 Å². The summed E-state index contributed by atoms with van der Waals surface area (Å²) >= 11 is 0. The Kier molecular flexibility index (Phi) is 5.72. The van der Waals surface area contributed by atoms with Crippen LogP contribution in [0.15, 0.2) is 18.2 Å². The third-order valence-electron chi connectivity index (χ3n) is 4.26. The number of hydrogen-bond donors (Lipinski definition) is 1. The quantitative estimate of drug-likeness (QED) is 0.823. The summed E-state index contributed by atoms with van der Waals surface area (Å²) in [5, 5.41) is 3.65. The maximum Gasteiger partial charge on any atom is 0.161 e. The number of nitrogens with one attached hydrogen (secondary N) is 1. The Labute approximate surface area is 122 Å². The molecule has 1 atom stereocenters. The molecular formula is C17H27NO2. The van der Waals surface area contributed by atoms with Crippen LogP contribution in [0.5, 0.6) is 11.5 Å². The minimum Gasteiger partial charge on any atom is -0.493 e. The molecule has 0 radical (unpaired) electrons. The molecule has 1 saturated carbocycles. The summed E-state index contributed by atoms with van der Waals surface area (Å²) < 4.78 is 10.9. The van der Waals surface area contributed by atoms with E-state index in [0.717, 1.165) is 24.0 Å².